The summed E-state index contributed by atoms with van der Waals surface area (Å²) in [6.07, 6.45) is 1.49. The van der Waals surface area contributed by atoms with Crippen molar-refractivity contribution < 1.29 is 34.0 Å². The Labute approximate surface area is 201 Å². The first-order valence-corrected chi connectivity index (χ1v) is 11.3. The van der Waals surface area contributed by atoms with Gasteiger partial charge in [-0.25, -0.2) is 9.59 Å². The van der Waals surface area contributed by atoms with Gasteiger partial charge in [0.15, 0.2) is 6.10 Å². The number of aliphatic hydroxyl groups is 1. The lowest BCUT2D eigenvalue weighted by Crippen LogP contribution is -2.29. The number of carbonyl (C=O) groups is 2. The monoisotopic (exact) mass is 521 g/mol. The van der Waals surface area contributed by atoms with Gasteiger partial charge in [0.05, 0.1) is 12.7 Å². The molecule has 178 valence electrons. The zero-order valence-corrected chi connectivity index (χ0v) is 19.9. The van der Waals surface area contributed by atoms with Crippen molar-refractivity contribution in [3.8, 4) is 5.75 Å². The topological polar surface area (TPSA) is 114 Å². The zero-order chi connectivity index (χ0) is 24.1. The number of rotatable bonds is 13. The van der Waals surface area contributed by atoms with Gasteiger partial charge < -0.3 is 24.4 Å². The highest BCUT2D eigenvalue weighted by Gasteiger charge is 2.28. The number of hydrogen-bond acceptors (Lipinski definition) is 6. The first-order chi connectivity index (χ1) is 15.9. The maximum atomic E-state index is 12.7. The van der Waals surface area contributed by atoms with Crippen molar-refractivity contribution in [2.24, 2.45) is 0 Å². The highest BCUT2D eigenvalue weighted by Crippen LogP contribution is 2.30. The summed E-state index contributed by atoms with van der Waals surface area (Å²) in [5, 5.41) is 20.5. The van der Waals surface area contributed by atoms with Crippen molar-refractivity contribution in [3.63, 3.8) is 0 Å². The summed E-state index contributed by atoms with van der Waals surface area (Å²) >= 11 is 3.35. The van der Waals surface area contributed by atoms with Gasteiger partial charge >= 0.3 is 12.1 Å². The van der Waals surface area contributed by atoms with E-state index in [0.29, 0.717) is 36.4 Å². The van der Waals surface area contributed by atoms with Crippen molar-refractivity contribution in [3.05, 3.63) is 70.7 Å². The Balaban J connectivity index is 2.25. The molecule has 8 nitrogen and oxygen atoms in total. The number of halogens is 1. The molecule has 1 amide bonds. The Morgan fingerprint density at radius 1 is 1.18 bits per heavy atom. The van der Waals surface area contributed by atoms with Gasteiger partial charge in [0.1, 0.15) is 12.4 Å². The van der Waals surface area contributed by atoms with Crippen LogP contribution in [0.4, 0.5) is 10.5 Å². The normalized spacial score (nSPS) is 12.8. The van der Waals surface area contributed by atoms with E-state index in [2.05, 4.69) is 21.2 Å². The van der Waals surface area contributed by atoms with E-state index in [0.717, 1.165) is 10.5 Å². The van der Waals surface area contributed by atoms with Gasteiger partial charge in [-0.05, 0) is 61.7 Å². The molecule has 0 aliphatic rings. The van der Waals surface area contributed by atoms with E-state index in [1.54, 1.807) is 48.5 Å². The molecule has 0 unspecified atom stereocenters. The second-order valence-electron chi connectivity index (χ2n) is 6.91. The van der Waals surface area contributed by atoms with Gasteiger partial charge in [-0.1, -0.05) is 34.1 Å². The van der Waals surface area contributed by atoms with Crippen LogP contribution in [0.3, 0.4) is 0 Å². The fourth-order valence-electron chi connectivity index (χ4n) is 3.08. The Morgan fingerprint density at radius 3 is 2.61 bits per heavy atom. The van der Waals surface area contributed by atoms with Gasteiger partial charge in [-0.15, -0.1) is 0 Å². The average molecular weight is 522 g/mol. The molecule has 0 aromatic heterocycles. The van der Waals surface area contributed by atoms with Crippen LogP contribution in [0.1, 0.15) is 31.4 Å². The number of ether oxygens (including phenoxy) is 3. The lowest BCUT2D eigenvalue weighted by molar-refractivity contribution is -0.131. The standard InChI is InChI=1S/C24H28BrNO7/c1-2-31-21(8-3-4-9-22(28)29)23(17-6-5-7-20(16-17)32-15-14-27)33-24(30)26-19-12-10-18(25)11-13-19/h4-7,9-13,16,21,23,27H,2-3,8,14-15H2,1H3,(H,26,30)(H,28,29)/b9-4+/t21-,23-/m1/s1. The third-order valence-corrected chi connectivity index (χ3v) is 5.00. The lowest BCUT2D eigenvalue weighted by Gasteiger charge is -2.27. The first kappa shape index (κ1) is 26.4. The highest BCUT2D eigenvalue weighted by molar-refractivity contribution is 9.10. The van der Waals surface area contributed by atoms with Crippen LogP contribution in [0, 0.1) is 0 Å². The predicted molar refractivity (Wildman–Crippen MR) is 127 cm³/mol. The molecule has 33 heavy (non-hydrogen) atoms. The molecule has 0 bridgehead atoms. The molecule has 0 radical (unpaired) electrons. The summed E-state index contributed by atoms with van der Waals surface area (Å²) in [7, 11) is 0. The molecular formula is C24H28BrNO7. The molecule has 0 saturated carbocycles. The van der Waals surface area contributed by atoms with Crippen LogP contribution in [0.5, 0.6) is 5.75 Å². The van der Waals surface area contributed by atoms with E-state index in [1.165, 1.54) is 6.08 Å². The summed E-state index contributed by atoms with van der Waals surface area (Å²) < 4.78 is 18.0. The molecule has 2 aromatic carbocycles. The third-order valence-electron chi connectivity index (χ3n) is 4.47. The quantitative estimate of drug-likeness (QED) is 0.320. The first-order valence-electron chi connectivity index (χ1n) is 10.5. The Morgan fingerprint density at radius 2 is 1.94 bits per heavy atom. The van der Waals surface area contributed by atoms with Gasteiger partial charge in [0.25, 0.3) is 0 Å². The second kappa shape index (κ2) is 14.3. The van der Waals surface area contributed by atoms with Crippen molar-refractivity contribution in [2.45, 2.75) is 32.0 Å². The lowest BCUT2D eigenvalue weighted by atomic mass is 10.00. The van der Waals surface area contributed by atoms with Crippen molar-refractivity contribution in [1.29, 1.82) is 0 Å². The molecule has 2 rings (SSSR count). The van der Waals surface area contributed by atoms with Crippen LogP contribution in [0.25, 0.3) is 0 Å². The molecule has 0 spiro atoms. The number of benzene rings is 2. The second-order valence-corrected chi connectivity index (χ2v) is 7.83. The van der Waals surface area contributed by atoms with E-state index >= 15 is 0 Å². The van der Waals surface area contributed by atoms with E-state index in [4.69, 9.17) is 24.4 Å². The SMILES string of the molecule is CCO[C@H](CC/C=C/C(=O)O)[C@H](OC(=O)Nc1ccc(Br)cc1)c1cccc(OCCO)c1. The average Bonchev–Trinajstić information content (AvgIpc) is 2.80. The van der Waals surface area contributed by atoms with Crippen LogP contribution in [-0.4, -0.2) is 48.2 Å². The number of amides is 1. The van der Waals surface area contributed by atoms with Gasteiger partial charge in [0, 0.05) is 22.8 Å². The minimum Gasteiger partial charge on any atom is -0.491 e. The number of hydrogen-bond donors (Lipinski definition) is 3. The third kappa shape index (κ3) is 9.65. The number of aliphatic hydroxyl groups excluding tert-OH is 1. The molecule has 0 aliphatic heterocycles. The van der Waals surface area contributed by atoms with Gasteiger partial charge in [0.2, 0.25) is 0 Å². The number of allylic oxidation sites excluding steroid dienone is 1. The number of carbonyl (C=O) groups excluding carboxylic acids is 1. The van der Waals surface area contributed by atoms with Crippen LogP contribution < -0.4 is 10.1 Å². The fourth-order valence-corrected chi connectivity index (χ4v) is 3.34. The molecule has 0 saturated heterocycles. The minimum atomic E-state index is -1.03. The maximum absolute atomic E-state index is 12.7. The van der Waals surface area contributed by atoms with Gasteiger partial charge in [-0.2, -0.15) is 0 Å². The van der Waals surface area contributed by atoms with Crippen LogP contribution in [0.2, 0.25) is 0 Å². The van der Waals surface area contributed by atoms with Crippen molar-refractivity contribution in [2.75, 3.05) is 25.1 Å². The van der Waals surface area contributed by atoms with Crippen LogP contribution in [0.15, 0.2) is 65.2 Å². The summed E-state index contributed by atoms with van der Waals surface area (Å²) in [6.45, 7) is 2.22. The number of carboxylic acids is 1. The number of carboxylic acid groups (broad SMARTS) is 1. The number of nitrogens with one attached hydrogen (secondary N) is 1. The number of aliphatic carboxylic acids is 1. The van der Waals surface area contributed by atoms with E-state index in [1.807, 2.05) is 6.92 Å². The maximum Gasteiger partial charge on any atom is 0.412 e. The molecule has 0 heterocycles. The molecule has 9 heteroatoms. The van der Waals surface area contributed by atoms with Crippen LogP contribution >= 0.6 is 15.9 Å². The Bertz CT molecular complexity index is 917. The smallest absolute Gasteiger partial charge is 0.412 e. The molecule has 3 N–H and O–H groups in total. The van der Waals surface area contributed by atoms with Gasteiger partial charge in [-0.3, -0.25) is 5.32 Å². The van der Waals surface area contributed by atoms with E-state index < -0.39 is 24.3 Å². The minimum absolute atomic E-state index is 0.128. The largest absolute Gasteiger partial charge is 0.491 e. The number of anilines is 1. The molecule has 0 fully saturated rings. The summed E-state index contributed by atoms with van der Waals surface area (Å²) in [4.78, 5) is 23.5. The summed E-state index contributed by atoms with van der Waals surface area (Å²) in [6, 6.07) is 14.1. The molecular weight excluding hydrogens is 494 g/mol. The molecule has 0 aliphatic carbocycles. The summed E-state index contributed by atoms with van der Waals surface area (Å²) in [5.41, 5.74) is 1.22. The predicted octanol–water partition coefficient (Wildman–Crippen LogP) is 4.94. The highest BCUT2D eigenvalue weighted by atomic mass is 79.9. The molecule has 2 aromatic rings. The van der Waals surface area contributed by atoms with Crippen molar-refractivity contribution in [1.82, 2.24) is 0 Å². The zero-order valence-electron chi connectivity index (χ0n) is 18.3. The Hall–Kier alpha value is -2.88. The summed E-state index contributed by atoms with van der Waals surface area (Å²) in [5.74, 6) is -0.511. The fraction of sp³-hybridized carbons (Fsp3) is 0.333. The van der Waals surface area contributed by atoms with E-state index in [9.17, 15) is 9.59 Å². The molecule has 2 atom stereocenters. The van der Waals surface area contributed by atoms with E-state index in [-0.39, 0.29) is 13.2 Å². The Kier molecular flexibility index (Phi) is 11.4. The van der Waals surface area contributed by atoms with Crippen LogP contribution in [-0.2, 0) is 14.3 Å². The van der Waals surface area contributed by atoms with Crippen molar-refractivity contribution >= 4 is 33.7 Å².